The van der Waals surface area contributed by atoms with Crippen molar-refractivity contribution in [1.29, 1.82) is 0 Å². The fourth-order valence-electron chi connectivity index (χ4n) is 3.08. The van der Waals surface area contributed by atoms with Crippen LogP contribution in [0, 0.1) is 11.6 Å². The first-order valence-corrected chi connectivity index (χ1v) is 8.76. The standard InChI is InChI=1S/C20H22F2N2O3/c1-26-20(7-9-23-10-8-20)19(25)24-16-5-6-18(17(22)12-16)27-13-14-3-2-4-15(21)11-14/h2-6,11-12,23H,7-10,13H2,1H3,(H,24,25). The number of ether oxygens (including phenoxy) is 2. The predicted molar refractivity (Wildman–Crippen MR) is 97.6 cm³/mol. The van der Waals surface area contributed by atoms with Crippen molar-refractivity contribution in [2.45, 2.75) is 25.0 Å². The quantitative estimate of drug-likeness (QED) is 0.813. The highest BCUT2D eigenvalue weighted by Crippen LogP contribution is 2.27. The summed E-state index contributed by atoms with van der Waals surface area (Å²) in [5.74, 6) is -1.25. The molecule has 0 aromatic heterocycles. The van der Waals surface area contributed by atoms with Gasteiger partial charge in [-0.05, 0) is 55.8 Å². The molecule has 1 saturated heterocycles. The largest absolute Gasteiger partial charge is 0.486 e. The SMILES string of the molecule is COC1(C(=O)Nc2ccc(OCc3cccc(F)c3)c(F)c2)CCNCC1. The van der Waals surface area contributed by atoms with E-state index >= 15 is 0 Å². The lowest BCUT2D eigenvalue weighted by Crippen LogP contribution is -2.51. The van der Waals surface area contributed by atoms with Crippen LogP contribution in [-0.4, -0.2) is 31.7 Å². The van der Waals surface area contributed by atoms with Gasteiger partial charge in [-0.3, -0.25) is 4.79 Å². The number of hydrogen-bond acceptors (Lipinski definition) is 4. The summed E-state index contributed by atoms with van der Waals surface area (Å²) in [7, 11) is 1.51. The van der Waals surface area contributed by atoms with E-state index < -0.39 is 11.4 Å². The van der Waals surface area contributed by atoms with Crippen molar-refractivity contribution in [3.05, 3.63) is 59.7 Å². The van der Waals surface area contributed by atoms with E-state index in [1.54, 1.807) is 18.2 Å². The van der Waals surface area contributed by atoms with Crippen molar-refractivity contribution in [1.82, 2.24) is 5.32 Å². The Labute approximate surface area is 156 Å². The van der Waals surface area contributed by atoms with Crippen molar-refractivity contribution in [2.24, 2.45) is 0 Å². The molecule has 1 amide bonds. The molecular formula is C20H22F2N2O3. The number of nitrogens with one attached hydrogen (secondary N) is 2. The summed E-state index contributed by atoms with van der Waals surface area (Å²) in [6.07, 6.45) is 1.10. The molecule has 0 atom stereocenters. The Morgan fingerprint density at radius 2 is 1.96 bits per heavy atom. The van der Waals surface area contributed by atoms with Crippen LogP contribution in [0.1, 0.15) is 18.4 Å². The molecule has 0 aliphatic carbocycles. The molecule has 7 heteroatoms. The van der Waals surface area contributed by atoms with Crippen LogP contribution in [0.25, 0.3) is 0 Å². The minimum Gasteiger partial charge on any atom is -0.486 e. The monoisotopic (exact) mass is 376 g/mol. The minimum atomic E-state index is -0.908. The lowest BCUT2D eigenvalue weighted by Gasteiger charge is -2.34. The van der Waals surface area contributed by atoms with Crippen molar-refractivity contribution < 1.29 is 23.0 Å². The summed E-state index contributed by atoms with van der Waals surface area (Å²) < 4.78 is 38.4. The van der Waals surface area contributed by atoms with Gasteiger partial charge in [0.15, 0.2) is 11.6 Å². The molecule has 2 aromatic rings. The molecule has 1 aliphatic rings. The molecule has 1 fully saturated rings. The van der Waals surface area contributed by atoms with Gasteiger partial charge in [0, 0.05) is 18.9 Å². The molecule has 0 spiro atoms. The van der Waals surface area contributed by atoms with Gasteiger partial charge in [0.25, 0.3) is 5.91 Å². The van der Waals surface area contributed by atoms with Crippen LogP contribution < -0.4 is 15.4 Å². The van der Waals surface area contributed by atoms with Crippen molar-refractivity contribution in [2.75, 3.05) is 25.5 Å². The van der Waals surface area contributed by atoms with Gasteiger partial charge in [-0.15, -0.1) is 0 Å². The van der Waals surface area contributed by atoms with Gasteiger partial charge in [-0.2, -0.15) is 0 Å². The number of methoxy groups -OCH3 is 1. The van der Waals surface area contributed by atoms with Gasteiger partial charge in [-0.1, -0.05) is 12.1 Å². The minimum absolute atomic E-state index is 0.0283. The summed E-state index contributed by atoms with van der Waals surface area (Å²) in [6, 6.07) is 10.1. The van der Waals surface area contributed by atoms with Crippen LogP contribution in [0.4, 0.5) is 14.5 Å². The smallest absolute Gasteiger partial charge is 0.256 e. The number of halogens is 2. The van der Waals surface area contributed by atoms with Gasteiger partial charge in [0.05, 0.1) is 0 Å². The fraction of sp³-hybridized carbons (Fsp3) is 0.350. The van der Waals surface area contributed by atoms with Crippen LogP contribution in [0.15, 0.2) is 42.5 Å². The summed E-state index contributed by atoms with van der Waals surface area (Å²) in [6.45, 7) is 1.41. The van der Waals surface area contributed by atoms with Crippen LogP contribution in [0.5, 0.6) is 5.75 Å². The molecule has 1 heterocycles. The highest BCUT2D eigenvalue weighted by molar-refractivity contribution is 5.97. The predicted octanol–water partition coefficient (Wildman–Crippen LogP) is 3.25. The average molecular weight is 376 g/mol. The van der Waals surface area contributed by atoms with Crippen molar-refractivity contribution in [3.63, 3.8) is 0 Å². The van der Waals surface area contributed by atoms with Gasteiger partial charge in [0.1, 0.15) is 18.0 Å². The maximum absolute atomic E-state index is 14.3. The fourth-order valence-corrected chi connectivity index (χ4v) is 3.08. The van der Waals surface area contributed by atoms with E-state index in [-0.39, 0.29) is 24.1 Å². The Bertz CT molecular complexity index is 808. The lowest BCUT2D eigenvalue weighted by atomic mass is 9.91. The number of anilines is 1. The van der Waals surface area contributed by atoms with E-state index in [1.807, 2.05) is 0 Å². The second-order valence-corrected chi connectivity index (χ2v) is 6.47. The first-order valence-electron chi connectivity index (χ1n) is 8.76. The molecule has 3 rings (SSSR count). The molecule has 5 nitrogen and oxygen atoms in total. The number of amides is 1. The first kappa shape index (κ1) is 19.3. The number of hydrogen-bond donors (Lipinski definition) is 2. The van der Waals surface area contributed by atoms with Gasteiger partial charge >= 0.3 is 0 Å². The summed E-state index contributed by atoms with van der Waals surface area (Å²) in [5, 5.41) is 5.90. The van der Waals surface area contributed by atoms with Gasteiger partial charge in [0.2, 0.25) is 0 Å². The number of benzene rings is 2. The van der Waals surface area contributed by atoms with E-state index in [1.165, 1.54) is 31.4 Å². The average Bonchev–Trinajstić information content (AvgIpc) is 2.68. The van der Waals surface area contributed by atoms with E-state index in [0.717, 1.165) is 0 Å². The third kappa shape index (κ3) is 4.61. The van der Waals surface area contributed by atoms with E-state index in [0.29, 0.717) is 37.2 Å². The van der Waals surface area contributed by atoms with E-state index in [4.69, 9.17) is 9.47 Å². The normalized spacial score (nSPS) is 16.0. The zero-order valence-corrected chi connectivity index (χ0v) is 15.1. The maximum Gasteiger partial charge on any atom is 0.256 e. The summed E-state index contributed by atoms with van der Waals surface area (Å²) >= 11 is 0. The summed E-state index contributed by atoms with van der Waals surface area (Å²) in [4.78, 5) is 12.6. The second kappa shape index (κ2) is 8.45. The van der Waals surface area contributed by atoms with Crippen LogP contribution in [0.3, 0.4) is 0 Å². The Hall–Kier alpha value is -2.51. The van der Waals surface area contributed by atoms with Gasteiger partial charge < -0.3 is 20.1 Å². The molecule has 2 aromatic carbocycles. The maximum atomic E-state index is 14.3. The molecule has 0 unspecified atom stereocenters. The third-order valence-corrected chi connectivity index (χ3v) is 4.69. The molecule has 27 heavy (non-hydrogen) atoms. The number of carbonyl (C=O) groups excluding carboxylic acids is 1. The molecule has 2 N–H and O–H groups in total. The van der Waals surface area contributed by atoms with Gasteiger partial charge in [-0.25, -0.2) is 8.78 Å². The summed E-state index contributed by atoms with van der Waals surface area (Å²) in [5.41, 5.74) is 0.0131. The van der Waals surface area contributed by atoms with Crippen LogP contribution in [-0.2, 0) is 16.1 Å². The Kier molecular flexibility index (Phi) is 6.03. The number of rotatable bonds is 6. The molecular weight excluding hydrogens is 354 g/mol. The van der Waals surface area contributed by atoms with Crippen LogP contribution in [0.2, 0.25) is 0 Å². The zero-order chi connectivity index (χ0) is 19.3. The molecule has 0 bridgehead atoms. The zero-order valence-electron chi connectivity index (χ0n) is 15.1. The van der Waals surface area contributed by atoms with E-state index in [9.17, 15) is 13.6 Å². The van der Waals surface area contributed by atoms with Crippen LogP contribution >= 0.6 is 0 Å². The number of carbonyl (C=O) groups is 1. The molecule has 144 valence electrons. The molecule has 0 saturated carbocycles. The highest BCUT2D eigenvalue weighted by atomic mass is 19.1. The Morgan fingerprint density at radius 3 is 2.63 bits per heavy atom. The lowest BCUT2D eigenvalue weighted by molar-refractivity contribution is -0.140. The molecule has 1 aliphatic heterocycles. The van der Waals surface area contributed by atoms with Crippen molar-refractivity contribution >= 4 is 11.6 Å². The topological polar surface area (TPSA) is 59.6 Å². The second-order valence-electron chi connectivity index (χ2n) is 6.47. The Morgan fingerprint density at radius 1 is 1.19 bits per heavy atom. The first-order chi connectivity index (χ1) is 13.0. The number of piperidine rings is 1. The Balaban J connectivity index is 1.64. The van der Waals surface area contributed by atoms with Crippen molar-refractivity contribution in [3.8, 4) is 5.75 Å². The molecule has 0 radical (unpaired) electrons. The van der Waals surface area contributed by atoms with E-state index in [2.05, 4.69) is 10.6 Å². The third-order valence-electron chi connectivity index (χ3n) is 4.69. The highest BCUT2D eigenvalue weighted by Gasteiger charge is 2.39.